The fourth-order valence-corrected chi connectivity index (χ4v) is 5.16. The van der Waals surface area contributed by atoms with Crippen molar-refractivity contribution in [2.75, 3.05) is 4.90 Å². The number of rotatable bonds is 6. The van der Waals surface area contributed by atoms with Crippen LogP contribution in [0, 0.1) is 0 Å². The van der Waals surface area contributed by atoms with E-state index in [4.69, 9.17) is 4.98 Å². The largest absolute Gasteiger partial charge is 0.481 e. The highest BCUT2D eigenvalue weighted by molar-refractivity contribution is 6.10. The Balaban J connectivity index is 1.19. The summed E-state index contributed by atoms with van der Waals surface area (Å²) in [5.41, 5.74) is 4.15. The maximum Gasteiger partial charge on any atom is 0.314 e. The molecule has 0 unspecified atom stereocenters. The van der Waals surface area contributed by atoms with Crippen LogP contribution in [-0.4, -0.2) is 36.7 Å². The second-order valence-electron chi connectivity index (χ2n) is 9.91. The zero-order valence-electron chi connectivity index (χ0n) is 19.5. The van der Waals surface area contributed by atoms with E-state index < -0.39 is 11.4 Å². The number of benzene rings is 2. The lowest BCUT2D eigenvalue weighted by Gasteiger charge is -2.15. The molecule has 3 heterocycles. The molecule has 36 heavy (non-hydrogen) atoms. The third kappa shape index (κ3) is 3.25. The molecule has 1 N–H and O–H groups in total. The van der Waals surface area contributed by atoms with Gasteiger partial charge in [-0.25, -0.2) is 4.98 Å². The van der Waals surface area contributed by atoms with Gasteiger partial charge in [0.15, 0.2) is 5.82 Å². The molecule has 2 fully saturated rings. The highest BCUT2D eigenvalue weighted by atomic mass is 16.4. The molecule has 0 radical (unpaired) electrons. The van der Waals surface area contributed by atoms with Gasteiger partial charge in [-0.2, -0.15) is 0 Å². The number of aliphatic carboxylic acids is 1. The molecule has 3 aliphatic rings. The molecule has 2 saturated carbocycles. The van der Waals surface area contributed by atoms with E-state index in [1.54, 1.807) is 11.2 Å². The maximum atomic E-state index is 13.5. The van der Waals surface area contributed by atoms with E-state index in [-0.39, 0.29) is 5.91 Å². The molecule has 8 heteroatoms. The molecule has 2 aliphatic carbocycles. The Hall–Kier alpha value is -4.33. The minimum Gasteiger partial charge on any atom is -0.481 e. The third-order valence-electron chi connectivity index (χ3n) is 7.58. The molecule has 1 amide bonds. The smallest absolute Gasteiger partial charge is 0.314 e. The summed E-state index contributed by atoms with van der Waals surface area (Å²) in [6, 6.07) is 19.6. The molecule has 0 atom stereocenters. The van der Waals surface area contributed by atoms with Gasteiger partial charge < -0.3 is 9.67 Å². The predicted octanol–water partition coefficient (Wildman–Crippen LogP) is 4.62. The molecular weight excluding hydrogens is 454 g/mol. The standard InChI is InChI=1S/C28H23N5O3/c34-26-22-14-18(17-3-1-4-20(13-17)28(11-12-28)27(35)36)7-8-19(22)15-32(26)24-6-2-5-23(30-24)25-31-29-16-33(25)21-9-10-21/h1-8,13-14,16,21H,9-12,15H2,(H,35,36). The predicted molar refractivity (Wildman–Crippen MR) is 132 cm³/mol. The van der Waals surface area contributed by atoms with Crippen LogP contribution < -0.4 is 4.90 Å². The summed E-state index contributed by atoms with van der Waals surface area (Å²) in [7, 11) is 0. The van der Waals surface area contributed by atoms with E-state index in [0.29, 0.717) is 42.5 Å². The molecular formula is C28H23N5O3. The first kappa shape index (κ1) is 21.0. The lowest BCUT2D eigenvalue weighted by molar-refractivity contribution is -0.140. The number of carbonyl (C=O) groups is 2. The van der Waals surface area contributed by atoms with Crippen LogP contribution in [0.15, 0.2) is 67.0 Å². The first-order chi connectivity index (χ1) is 17.5. The lowest BCUT2D eigenvalue weighted by atomic mass is 9.92. The number of carboxylic acids is 1. The second kappa shape index (κ2) is 7.58. The molecule has 0 saturated heterocycles. The van der Waals surface area contributed by atoms with Gasteiger partial charge in [0.2, 0.25) is 0 Å². The van der Waals surface area contributed by atoms with Gasteiger partial charge in [-0.3, -0.25) is 14.5 Å². The Morgan fingerprint density at radius 1 is 1.00 bits per heavy atom. The van der Waals surface area contributed by atoms with Crippen LogP contribution in [0.5, 0.6) is 0 Å². The van der Waals surface area contributed by atoms with Gasteiger partial charge in [-0.15, -0.1) is 10.2 Å². The summed E-state index contributed by atoms with van der Waals surface area (Å²) in [6.07, 6.45) is 5.30. The van der Waals surface area contributed by atoms with Gasteiger partial charge in [0.1, 0.15) is 17.8 Å². The van der Waals surface area contributed by atoms with Crippen LogP contribution >= 0.6 is 0 Å². The Kier molecular flexibility index (Phi) is 4.42. The maximum absolute atomic E-state index is 13.5. The average Bonchev–Trinajstić information content (AvgIpc) is 3.83. The fraction of sp³-hybridized carbons (Fsp3) is 0.250. The molecule has 2 aromatic carbocycles. The van der Waals surface area contributed by atoms with Crippen LogP contribution in [0.2, 0.25) is 0 Å². The van der Waals surface area contributed by atoms with Gasteiger partial charge in [0, 0.05) is 11.6 Å². The van der Waals surface area contributed by atoms with E-state index in [1.807, 2.05) is 60.7 Å². The van der Waals surface area contributed by atoms with E-state index in [9.17, 15) is 14.7 Å². The van der Waals surface area contributed by atoms with Crippen molar-refractivity contribution in [3.8, 4) is 22.6 Å². The molecule has 8 nitrogen and oxygen atoms in total. The fourth-order valence-electron chi connectivity index (χ4n) is 5.16. The van der Waals surface area contributed by atoms with E-state index in [0.717, 1.165) is 40.9 Å². The topological polar surface area (TPSA) is 101 Å². The number of fused-ring (bicyclic) bond motifs is 1. The normalized spacial score (nSPS) is 17.8. The van der Waals surface area contributed by atoms with Gasteiger partial charge in [-0.1, -0.05) is 42.5 Å². The Morgan fingerprint density at radius 3 is 2.58 bits per heavy atom. The molecule has 178 valence electrons. The van der Waals surface area contributed by atoms with E-state index in [2.05, 4.69) is 14.8 Å². The zero-order valence-corrected chi connectivity index (χ0v) is 19.5. The van der Waals surface area contributed by atoms with Crippen LogP contribution in [0.25, 0.3) is 22.6 Å². The number of amides is 1. The number of nitrogens with zero attached hydrogens (tertiary/aromatic N) is 5. The van der Waals surface area contributed by atoms with Crippen LogP contribution in [0.1, 0.15) is 53.2 Å². The number of carbonyl (C=O) groups excluding carboxylic acids is 1. The van der Waals surface area contributed by atoms with Crippen LogP contribution in [0.4, 0.5) is 5.82 Å². The van der Waals surface area contributed by atoms with Crippen molar-refractivity contribution in [1.82, 2.24) is 19.7 Å². The summed E-state index contributed by atoms with van der Waals surface area (Å²) in [4.78, 5) is 31.7. The van der Waals surface area contributed by atoms with E-state index >= 15 is 0 Å². The summed E-state index contributed by atoms with van der Waals surface area (Å²) in [5, 5.41) is 18.0. The number of hydrogen-bond acceptors (Lipinski definition) is 5. The average molecular weight is 478 g/mol. The SMILES string of the molecule is O=C1c2cc(-c3cccc(C4(C(=O)O)CC4)c3)ccc2CN1c1cccc(-c2nncn2C2CC2)n1. The van der Waals surface area contributed by atoms with Crippen molar-refractivity contribution in [2.24, 2.45) is 0 Å². The van der Waals surface area contributed by atoms with Gasteiger partial charge in [0.05, 0.1) is 12.0 Å². The Morgan fingerprint density at radius 2 is 1.81 bits per heavy atom. The molecule has 4 aromatic rings. The molecule has 2 aromatic heterocycles. The number of carboxylic acid groups (broad SMARTS) is 1. The summed E-state index contributed by atoms with van der Waals surface area (Å²) >= 11 is 0. The summed E-state index contributed by atoms with van der Waals surface area (Å²) < 4.78 is 2.06. The van der Waals surface area contributed by atoms with Gasteiger partial charge in [0.25, 0.3) is 5.91 Å². The quantitative estimate of drug-likeness (QED) is 0.435. The minimum atomic E-state index is -0.774. The first-order valence-corrected chi connectivity index (χ1v) is 12.2. The van der Waals surface area contributed by atoms with Crippen molar-refractivity contribution in [1.29, 1.82) is 0 Å². The number of aromatic nitrogens is 4. The monoisotopic (exact) mass is 477 g/mol. The second-order valence-corrected chi connectivity index (χ2v) is 9.91. The van der Waals surface area contributed by atoms with E-state index in [1.165, 1.54) is 0 Å². The molecule has 1 aliphatic heterocycles. The van der Waals surface area contributed by atoms with Crippen LogP contribution in [0.3, 0.4) is 0 Å². The van der Waals surface area contributed by atoms with Crippen molar-refractivity contribution in [2.45, 2.75) is 43.7 Å². The van der Waals surface area contributed by atoms with Crippen molar-refractivity contribution in [3.63, 3.8) is 0 Å². The third-order valence-corrected chi connectivity index (χ3v) is 7.58. The first-order valence-electron chi connectivity index (χ1n) is 12.2. The Labute approximate surface area is 207 Å². The number of hydrogen-bond donors (Lipinski definition) is 1. The summed E-state index contributed by atoms with van der Waals surface area (Å²) in [6.45, 7) is 0.447. The van der Waals surface area contributed by atoms with Gasteiger partial charge >= 0.3 is 5.97 Å². The van der Waals surface area contributed by atoms with Crippen molar-refractivity contribution >= 4 is 17.7 Å². The lowest BCUT2D eigenvalue weighted by Crippen LogP contribution is -2.24. The molecule has 7 rings (SSSR count). The molecule has 0 bridgehead atoms. The minimum absolute atomic E-state index is 0.0967. The summed E-state index contributed by atoms with van der Waals surface area (Å²) in [5.74, 6) is 0.435. The van der Waals surface area contributed by atoms with Crippen molar-refractivity contribution in [3.05, 3.63) is 83.7 Å². The highest BCUT2D eigenvalue weighted by Gasteiger charge is 2.51. The molecule has 0 spiro atoms. The van der Waals surface area contributed by atoms with Gasteiger partial charge in [-0.05, 0) is 66.1 Å². The Bertz CT molecular complexity index is 1550. The van der Waals surface area contributed by atoms with Crippen molar-refractivity contribution < 1.29 is 14.7 Å². The van der Waals surface area contributed by atoms with Crippen LogP contribution in [-0.2, 0) is 16.8 Å². The number of pyridine rings is 1. The number of anilines is 1. The highest BCUT2D eigenvalue weighted by Crippen LogP contribution is 2.49. The zero-order chi connectivity index (χ0) is 24.4.